The van der Waals surface area contributed by atoms with Gasteiger partial charge in [0, 0.05) is 24.8 Å². The largest absolute Gasteiger partial charge is 0.481 e. The number of carbonyl (C=O) groups is 2. The number of aliphatic carboxylic acids is 1. The number of hydrogen-bond acceptors (Lipinski definition) is 5. The summed E-state index contributed by atoms with van der Waals surface area (Å²) >= 11 is 0. The lowest BCUT2D eigenvalue weighted by Crippen LogP contribution is -2.10. The molecule has 6 nitrogen and oxygen atoms in total. The van der Waals surface area contributed by atoms with Crippen molar-refractivity contribution in [2.45, 2.75) is 26.2 Å². The van der Waals surface area contributed by atoms with E-state index < -0.39 is 11.9 Å². The molecule has 0 bridgehead atoms. The normalized spacial score (nSPS) is 11.7. The van der Waals surface area contributed by atoms with Crippen molar-refractivity contribution in [1.29, 1.82) is 0 Å². The van der Waals surface area contributed by atoms with Crippen LogP contribution in [-0.2, 0) is 9.53 Å². The number of methoxy groups -OCH3 is 1. The Balaban J connectivity index is 2.38. The Morgan fingerprint density at radius 1 is 1.45 bits per heavy atom. The van der Waals surface area contributed by atoms with E-state index in [0.29, 0.717) is 18.9 Å². The molecule has 1 unspecified atom stereocenters. The highest BCUT2D eigenvalue weighted by Gasteiger charge is 2.08. The first-order valence-electron chi connectivity index (χ1n) is 6.53. The summed E-state index contributed by atoms with van der Waals surface area (Å²) in [5.41, 5.74) is 1.06. The zero-order chi connectivity index (χ0) is 15.0. The van der Waals surface area contributed by atoms with E-state index in [-0.39, 0.29) is 12.1 Å². The van der Waals surface area contributed by atoms with Crippen LogP contribution in [0.4, 0.5) is 5.69 Å². The van der Waals surface area contributed by atoms with Crippen molar-refractivity contribution in [2.75, 3.05) is 19.0 Å². The molecule has 1 rings (SSSR count). The van der Waals surface area contributed by atoms with Crippen LogP contribution in [-0.4, -0.2) is 35.7 Å². The maximum Gasteiger partial charge on any atom is 0.356 e. The summed E-state index contributed by atoms with van der Waals surface area (Å²) in [5.74, 6) is -0.898. The summed E-state index contributed by atoms with van der Waals surface area (Å²) in [6.07, 6.45) is 3.27. The highest BCUT2D eigenvalue weighted by atomic mass is 16.5. The SMILES string of the molecule is COC(=O)c1cc(NCCC(C)CCC(=O)O)ccn1. The number of ether oxygens (including phenoxy) is 1. The molecule has 0 radical (unpaired) electrons. The van der Waals surface area contributed by atoms with Crippen molar-refractivity contribution in [3.63, 3.8) is 0 Å². The number of nitrogens with zero attached hydrogens (tertiary/aromatic N) is 1. The summed E-state index contributed by atoms with van der Waals surface area (Å²) in [6.45, 7) is 2.74. The van der Waals surface area contributed by atoms with Gasteiger partial charge in [0.1, 0.15) is 5.69 Å². The smallest absolute Gasteiger partial charge is 0.356 e. The molecule has 110 valence electrons. The quantitative estimate of drug-likeness (QED) is 0.709. The number of carboxylic acid groups (broad SMARTS) is 1. The molecule has 1 heterocycles. The van der Waals surface area contributed by atoms with Crippen LogP contribution in [0.15, 0.2) is 18.3 Å². The fourth-order valence-corrected chi connectivity index (χ4v) is 1.73. The van der Waals surface area contributed by atoms with Gasteiger partial charge in [-0.05, 0) is 30.9 Å². The second kappa shape index (κ2) is 8.14. The number of rotatable bonds is 8. The van der Waals surface area contributed by atoms with E-state index in [9.17, 15) is 9.59 Å². The molecule has 0 amide bonds. The third-order valence-corrected chi connectivity index (χ3v) is 2.97. The third-order valence-electron chi connectivity index (χ3n) is 2.97. The van der Waals surface area contributed by atoms with Crippen LogP contribution in [0.1, 0.15) is 36.7 Å². The van der Waals surface area contributed by atoms with E-state index in [1.807, 2.05) is 6.92 Å². The zero-order valence-corrected chi connectivity index (χ0v) is 11.8. The van der Waals surface area contributed by atoms with Gasteiger partial charge in [-0.3, -0.25) is 4.79 Å². The lowest BCUT2D eigenvalue weighted by atomic mass is 10.0. The van der Waals surface area contributed by atoms with Crippen molar-refractivity contribution in [1.82, 2.24) is 4.98 Å². The van der Waals surface area contributed by atoms with Crippen LogP contribution in [0.5, 0.6) is 0 Å². The third kappa shape index (κ3) is 5.69. The Kier molecular flexibility index (Phi) is 6.49. The van der Waals surface area contributed by atoms with E-state index in [1.165, 1.54) is 7.11 Å². The molecular weight excluding hydrogens is 260 g/mol. The molecule has 1 aromatic rings. The molecule has 20 heavy (non-hydrogen) atoms. The number of aromatic nitrogens is 1. The average Bonchev–Trinajstić information content (AvgIpc) is 2.44. The summed E-state index contributed by atoms with van der Waals surface area (Å²) < 4.78 is 4.60. The van der Waals surface area contributed by atoms with E-state index >= 15 is 0 Å². The topological polar surface area (TPSA) is 88.5 Å². The molecule has 0 aliphatic heterocycles. The number of hydrogen-bond donors (Lipinski definition) is 2. The Labute approximate surface area is 118 Å². The molecule has 0 fully saturated rings. The minimum Gasteiger partial charge on any atom is -0.481 e. The highest BCUT2D eigenvalue weighted by Crippen LogP contribution is 2.13. The second-order valence-electron chi connectivity index (χ2n) is 4.67. The van der Waals surface area contributed by atoms with Crippen LogP contribution >= 0.6 is 0 Å². The van der Waals surface area contributed by atoms with E-state index in [2.05, 4.69) is 15.0 Å². The van der Waals surface area contributed by atoms with Crippen molar-refractivity contribution in [3.05, 3.63) is 24.0 Å². The van der Waals surface area contributed by atoms with Gasteiger partial charge in [0.2, 0.25) is 0 Å². The molecular formula is C14H20N2O4. The molecule has 0 aliphatic rings. The van der Waals surface area contributed by atoms with Crippen LogP contribution in [0.2, 0.25) is 0 Å². The molecule has 1 atom stereocenters. The number of pyridine rings is 1. The van der Waals surface area contributed by atoms with E-state index in [1.54, 1.807) is 18.3 Å². The predicted octanol–water partition coefficient (Wildman–Crippen LogP) is 2.17. The molecule has 0 saturated heterocycles. The second-order valence-corrected chi connectivity index (χ2v) is 4.67. The van der Waals surface area contributed by atoms with E-state index in [4.69, 9.17) is 5.11 Å². The van der Waals surface area contributed by atoms with Gasteiger partial charge in [-0.2, -0.15) is 0 Å². The number of carboxylic acids is 1. The van der Waals surface area contributed by atoms with Gasteiger partial charge >= 0.3 is 11.9 Å². The average molecular weight is 280 g/mol. The lowest BCUT2D eigenvalue weighted by Gasteiger charge is -2.11. The van der Waals surface area contributed by atoms with Crippen LogP contribution in [0, 0.1) is 5.92 Å². The van der Waals surface area contributed by atoms with Gasteiger partial charge in [0.05, 0.1) is 7.11 Å². The molecule has 1 aromatic heterocycles. The van der Waals surface area contributed by atoms with Crippen molar-refractivity contribution in [2.24, 2.45) is 5.92 Å². The Morgan fingerprint density at radius 3 is 2.85 bits per heavy atom. The lowest BCUT2D eigenvalue weighted by molar-refractivity contribution is -0.137. The molecule has 0 saturated carbocycles. The summed E-state index contributed by atoms with van der Waals surface area (Å²) in [4.78, 5) is 25.7. The zero-order valence-electron chi connectivity index (χ0n) is 11.8. The van der Waals surface area contributed by atoms with Gasteiger partial charge < -0.3 is 15.2 Å². The van der Waals surface area contributed by atoms with Crippen LogP contribution in [0.25, 0.3) is 0 Å². The summed E-state index contributed by atoms with van der Waals surface area (Å²) in [7, 11) is 1.31. The minimum atomic E-state index is -0.762. The number of nitrogens with one attached hydrogen (secondary N) is 1. The van der Waals surface area contributed by atoms with Gasteiger partial charge in [-0.1, -0.05) is 6.92 Å². The van der Waals surface area contributed by atoms with Crippen molar-refractivity contribution in [3.8, 4) is 0 Å². The first-order chi connectivity index (χ1) is 9.52. The Morgan fingerprint density at radius 2 is 2.20 bits per heavy atom. The van der Waals surface area contributed by atoms with E-state index in [0.717, 1.165) is 12.1 Å². The first kappa shape index (κ1) is 15.9. The minimum absolute atomic E-state index is 0.197. The predicted molar refractivity (Wildman–Crippen MR) is 74.7 cm³/mol. The first-order valence-corrected chi connectivity index (χ1v) is 6.53. The molecule has 0 aromatic carbocycles. The number of anilines is 1. The van der Waals surface area contributed by atoms with Gasteiger partial charge in [-0.25, -0.2) is 9.78 Å². The van der Waals surface area contributed by atoms with Crippen molar-refractivity contribution >= 4 is 17.6 Å². The molecule has 6 heteroatoms. The maximum absolute atomic E-state index is 11.3. The van der Waals surface area contributed by atoms with Crippen molar-refractivity contribution < 1.29 is 19.4 Å². The number of carbonyl (C=O) groups excluding carboxylic acids is 1. The summed E-state index contributed by atoms with van der Waals surface area (Å²) in [6, 6.07) is 3.40. The molecule has 0 aliphatic carbocycles. The molecule has 0 spiro atoms. The summed E-state index contributed by atoms with van der Waals surface area (Å²) in [5, 5.41) is 11.8. The Bertz CT molecular complexity index is 462. The maximum atomic E-state index is 11.3. The highest BCUT2D eigenvalue weighted by molar-refractivity contribution is 5.88. The molecule has 2 N–H and O–H groups in total. The Hall–Kier alpha value is -2.11. The van der Waals surface area contributed by atoms with Gasteiger partial charge in [0.25, 0.3) is 0 Å². The number of esters is 1. The standard InChI is InChI=1S/C14H20N2O4/c1-10(3-4-13(17)18)5-7-15-11-6-8-16-12(9-11)14(19)20-2/h6,8-10H,3-5,7H2,1-2H3,(H,15,16)(H,17,18). The van der Waals surface area contributed by atoms with Crippen LogP contribution < -0.4 is 5.32 Å². The van der Waals surface area contributed by atoms with Gasteiger partial charge in [0.15, 0.2) is 0 Å². The van der Waals surface area contributed by atoms with Crippen LogP contribution in [0.3, 0.4) is 0 Å². The fraction of sp³-hybridized carbons (Fsp3) is 0.500. The monoisotopic (exact) mass is 280 g/mol. The van der Waals surface area contributed by atoms with Gasteiger partial charge in [-0.15, -0.1) is 0 Å². The fourth-order valence-electron chi connectivity index (χ4n) is 1.73.